The van der Waals surface area contributed by atoms with Crippen LogP contribution in [0.15, 0.2) is 36.3 Å². The summed E-state index contributed by atoms with van der Waals surface area (Å²) in [4.78, 5) is 4.88. The molecular formula is C9H10ClN3O2. The van der Waals surface area contributed by atoms with E-state index in [0.717, 1.165) is 5.56 Å². The highest BCUT2D eigenvalue weighted by atomic mass is 35.5. The molecule has 1 aliphatic rings. The average molecular weight is 228 g/mol. The van der Waals surface area contributed by atoms with E-state index in [9.17, 15) is 0 Å². The topological polar surface area (TPSA) is 62.0 Å². The van der Waals surface area contributed by atoms with Crippen molar-refractivity contribution >= 4 is 11.6 Å². The molecule has 0 fully saturated rings. The second kappa shape index (κ2) is 3.98. The normalized spacial score (nSPS) is 15.7. The fourth-order valence-electron chi connectivity index (χ4n) is 1.24. The monoisotopic (exact) mass is 227 g/mol. The quantitative estimate of drug-likeness (QED) is 0.801. The minimum absolute atomic E-state index is 0.127. The molecular weight excluding hydrogens is 218 g/mol. The molecule has 1 aromatic rings. The molecule has 0 spiro atoms. The molecule has 3 N–H and O–H groups in total. The van der Waals surface area contributed by atoms with Crippen LogP contribution in [-0.4, -0.2) is 15.5 Å². The van der Waals surface area contributed by atoms with E-state index in [0.29, 0.717) is 16.8 Å². The van der Waals surface area contributed by atoms with Crippen molar-refractivity contribution in [2.45, 2.75) is 6.54 Å². The van der Waals surface area contributed by atoms with Crippen LogP contribution in [0.1, 0.15) is 5.56 Å². The van der Waals surface area contributed by atoms with Crippen molar-refractivity contribution in [2.75, 3.05) is 0 Å². The number of nitrogens with two attached hydrogens (primary N) is 1. The van der Waals surface area contributed by atoms with Gasteiger partial charge in [0.15, 0.2) is 5.82 Å². The van der Waals surface area contributed by atoms with Gasteiger partial charge in [-0.25, -0.2) is 5.06 Å². The van der Waals surface area contributed by atoms with Crippen molar-refractivity contribution in [2.24, 2.45) is 5.73 Å². The Hall–Kier alpha value is -1.43. The number of hydrogen-bond acceptors (Lipinski definition) is 5. The lowest BCUT2D eigenvalue weighted by molar-refractivity contribution is -0.389. The molecule has 0 saturated carbocycles. The van der Waals surface area contributed by atoms with Gasteiger partial charge in [0.25, 0.3) is 0 Å². The summed E-state index contributed by atoms with van der Waals surface area (Å²) in [6, 6.07) is 7.38. The van der Waals surface area contributed by atoms with Crippen molar-refractivity contribution in [1.82, 2.24) is 10.3 Å². The van der Waals surface area contributed by atoms with Crippen LogP contribution >= 0.6 is 11.6 Å². The maximum Gasteiger partial charge on any atom is 0.176 e. The van der Waals surface area contributed by atoms with Crippen LogP contribution in [0.25, 0.3) is 0 Å². The molecule has 2 rings (SSSR count). The Morgan fingerprint density at radius 3 is 2.73 bits per heavy atom. The molecule has 0 atom stereocenters. The predicted molar refractivity (Wildman–Crippen MR) is 54.0 cm³/mol. The second-order valence-electron chi connectivity index (χ2n) is 3.08. The molecule has 0 bridgehead atoms. The molecule has 0 radical (unpaired) electrons. The number of benzene rings is 1. The lowest BCUT2D eigenvalue weighted by Gasteiger charge is -2.15. The van der Waals surface area contributed by atoms with E-state index >= 15 is 0 Å². The maximum absolute atomic E-state index is 9.06. The van der Waals surface area contributed by atoms with E-state index in [-0.39, 0.29) is 5.82 Å². The smallest absolute Gasteiger partial charge is 0.176 e. The first-order chi connectivity index (χ1) is 7.16. The van der Waals surface area contributed by atoms with Crippen LogP contribution in [-0.2, 0) is 11.5 Å². The number of halogens is 1. The second-order valence-corrected chi connectivity index (χ2v) is 3.48. The van der Waals surface area contributed by atoms with E-state index < -0.39 is 0 Å². The number of nitrogens with zero attached hydrogens (tertiary/aromatic N) is 2. The summed E-state index contributed by atoms with van der Waals surface area (Å²) >= 11 is 5.97. The zero-order chi connectivity index (χ0) is 10.8. The average Bonchev–Trinajstić information content (AvgIpc) is 2.50. The van der Waals surface area contributed by atoms with Crippen LogP contribution in [0.5, 0.6) is 0 Å². The summed E-state index contributed by atoms with van der Waals surface area (Å²) in [5.74, 6) is 0.127. The maximum atomic E-state index is 9.06. The highest BCUT2D eigenvalue weighted by Crippen LogP contribution is 2.20. The lowest BCUT2D eigenvalue weighted by atomic mass is 10.2. The molecule has 1 aromatic carbocycles. The van der Waals surface area contributed by atoms with Gasteiger partial charge in [-0.05, 0) is 11.6 Å². The number of hydrogen-bond donors (Lipinski definition) is 2. The Kier molecular flexibility index (Phi) is 2.68. The molecule has 0 unspecified atom stereocenters. The van der Waals surface area contributed by atoms with E-state index in [2.05, 4.69) is 0 Å². The largest absolute Gasteiger partial charge is 0.380 e. The Balaban J connectivity index is 2.08. The Morgan fingerprint density at radius 1 is 1.40 bits per heavy atom. The van der Waals surface area contributed by atoms with Crippen LogP contribution in [0.2, 0.25) is 5.02 Å². The molecule has 1 aliphatic heterocycles. The van der Waals surface area contributed by atoms with Crippen LogP contribution in [0.3, 0.4) is 0 Å². The van der Waals surface area contributed by atoms with E-state index in [4.69, 9.17) is 27.5 Å². The van der Waals surface area contributed by atoms with Gasteiger partial charge < -0.3 is 5.73 Å². The van der Waals surface area contributed by atoms with Gasteiger partial charge in [0, 0.05) is 5.02 Å². The molecule has 0 aromatic heterocycles. The number of rotatable bonds is 2. The first-order valence-electron chi connectivity index (χ1n) is 4.31. The summed E-state index contributed by atoms with van der Waals surface area (Å²) in [5.41, 5.74) is 6.29. The first-order valence-corrected chi connectivity index (χ1v) is 4.69. The fraction of sp³-hybridized carbons (Fsp3) is 0.111. The SMILES string of the molecule is NC1=CN(Cc2ccccc2Cl)ON1O. The van der Waals surface area contributed by atoms with Crippen LogP contribution in [0.4, 0.5) is 0 Å². The fourth-order valence-corrected chi connectivity index (χ4v) is 1.43. The van der Waals surface area contributed by atoms with E-state index in [1.54, 1.807) is 6.07 Å². The van der Waals surface area contributed by atoms with Gasteiger partial charge in [-0.2, -0.15) is 0 Å². The highest BCUT2D eigenvalue weighted by Gasteiger charge is 2.19. The summed E-state index contributed by atoms with van der Waals surface area (Å²) in [6.07, 6.45) is 1.48. The minimum Gasteiger partial charge on any atom is -0.380 e. The summed E-state index contributed by atoms with van der Waals surface area (Å²) < 4.78 is 0. The third-order valence-corrected chi connectivity index (χ3v) is 2.33. The van der Waals surface area contributed by atoms with Gasteiger partial charge in [0.2, 0.25) is 0 Å². The van der Waals surface area contributed by atoms with Gasteiger partial charge >= 0.3 is 0 Å². The van der Waals surface area contributed by atoms with Gasteiger partial charge in [-0.1, -0.05) is 35.0 Å². The molecule has 80 valence electrons. The third-order valence-electron chi connectivity index (χ3n) is 1.96. The minimum atomic E-state index is 0.127. The highest BCUT2D eigenvalue weighted by molar-refractivity contribution is 6.31. The van der Waals surface area contributed by atoms with Gasteiger partial charge in [-0.3, -0.25) is 5.21 Å². The third kappa shape index (κ3) is 2.15. The Morgan fingerprint density at radius 2 is 2.13 bits per heavy atom. The molecule has 1 heterocycles. The summed E-state index contributed by atoms with van der Waals surface area (Å²) in [6.45, 7) is 0.414. The Labute approximate surface area is 91.8 Å². The van der Waals surface area contributed by atoms with Gasteiger partial charge in [0.1, 0.15) is 0 Å². The standard InChI is InChI=1S/C9H10ClN3O2/c10-8-4-2-1-3-7(8)5-12-6-9(11)13(14)15-12/h1-4,6,14H,5,11H2. The number of hydroxylamine groups is 4. The zero-order valence-electron chi connectivity index (χ0n) is 7.80. The molecule has 0 aliphatic carbocycles. The van der Waals surface area contributed by atoms with E-state index in [1.165, 1.54) is 11.3 Å². The van der Waals surface area contributed by atoms with Gasteiger partial charge in [0.05, 0.1) is 12.7 Å². The van der Waals surface area contributed by atoms with E-state index in [1.807, 2.05) is 18.2 Å². The van der Waals surface area contributed by atoms with Crippen molar-refractivity contribution in [1.29, 1.82) is 0 Å². The molecule has 6 heteroatoms. The van der Waals surface area contributed by atoms with Crippen molar-refractivity contribution in [3.63, 3.8) is 0 Å². The van der Waals surface area contributed by atoms with Crippen molar-refractivity contribution in [3.8, 4) is 0 Å². The lowest BCUT2D eigenvalue weighted by Crippen LogP contribution is -2.23. The molecule has 5 nitrogen and oxygen atoms in total. The first kappa shape index (κ1) is 10.1. The molecule has 15 heavy (non-hydrogen) atoms. The van der Waals surface area contributed by atoms with Crippen molar-refractivity contribution in [3.05, 3.63) is 46.9 Å². The summed E-state index contributed by atoms with van der Waals surface area (Å²) in [7, 11) is 0. The molecule has 0 saturated heterocycles. The molecule has 0 amide bonds. The van der Waals surface area contributed by atoms with Crippen LogP contribution < -0.4 is 5.73 Å². The van der Waals surface area contributed by atoms with Crippen molar-refractivity contribution < 1.29 is 10.1 Å². The Bertz CT molecular complexity index is 397. The van der Waals surface area contributed by atoms with Crippen LogP contribution in [0, 0.1) is 0 Å². The summed E-state index contributed by atoms with van der Waals surface area (Å²) in [5, 5.41) is 11.6. The predicted octanol–water partition coefficient (Wildman–Crippen LogP) is 1.45. The van der Waals surface area contributed by atoms with Gasteiger partial charge in [-0.15, -0.1) is 4.94 Å². The zero-order valence-corrected chi connectivity index (χ0v) is 8.55.